The van der Waals surface area contributed by atoms with Crippen molar-refractivity contribution in [1.29, 1.82) is 0 Å². The molecule has 0 atom stereocenters. The second-order valence-electron chi connectivity index (χ2n) is 8.56. The number of alkyl halides is 3. The molecule has 0 fully saturated rings. The minimum Gasteiger partial charge on any atom is -0.348 e. The van der Waals surface area contributed by atoms with E-state index in [2.05, 4.69) is 11.9 Å². The van der Waals surface area contributed by atoms with Crippen molar-refractivity contribution in [3.8, 4) is 0 Å². The molecule has 192 valence electrons. The number of amides is 1. The normalized spacial score (nSPS) is 12.0. The molecule has 0 spiro atoms. The fraction of sp³-hybridized carbons (Fsp3) is 0.179. The standard InChI is InChI=1S/C28H25F3N2O3S/c1-3-33-24(15-19-5-10-23(11-6-19)28(29,30)31)17-22-16-21(9-14-26(22)33)27(34)32-18-20-7-12-25(13-8-20)37(35,36)4-2/h3,5-14,16-17H,1,4,15,18H2,2H3,(H,32,34). The molecule has 1 amide bonds. The van der Waals surface area contributed by atoms with Crippen molar-refractivity contribution in [2.45, 2.75) is 31.0 Å². The second kappa shape index (κ2) is 10.3. The molecule has 0 saturated heterocycles. The zero-order chi connectivity index (χ0) is 26.8. The van der Waals surface area contributed by atoms with Gasteiger partial charge < -0.3 is 9.88 Å². The summed E-state index contributed by atoms with van der Waals surface area (Å²) in [6.45, 7) is 5.66. The largest absolute Gasteiger partial charge is 0.416 e. The van der Waals surface area contributed by atoms with Crippen molar-refractivity contribution in [3.05, 3.63) is 107 Å². The maximum atomic E-state index is 12.9. The van der Waals surface area contributed by atoms with Gasteiger partial charge in [-0.05, 0) is 59.7 Å². The van der Waals surface area contributed by atoms with Gasteiger partial charge in [-0.2, -0.15) is 13.2 Å². The lowest BCUT2D eigenvalue weighted by molar-refractivity contribution is -0.137. The van der Waals surface area contributed by atoms with Crippen LogP contribution in [-0.4, -0.2) is 24.6 Å². The number of nitrogens with zero attached hydrogens (tertiary/aromatic N) is 1. The third kappa shape index (κ3) is 5.77. The number of fused-ring (bicyclic) bond motifs is 1. The zero-order valence-electron chi connectivity index (χ0n) is 20.0. The van der Waals surface area contributed by atoms with Crippen LogP contribution in [0.5, 0.6) is 0 Å². The number of sulfone groups is 1. The van der Waals surface area contributed by atoms with Gasteiger partial charge in [-0.3, -0.25) is 4.79 Å². The highest BCUT2D eigenvalue weighted by molar-refractivity contribution is 7.91. The minimum absolute atomic E-state index is 0.0190. The summed E-state index contributed by atoms with van der Waals surface area (Å²) in [7, 11) is -3.28. The van der Waals surface area contributed by atoms with Gasteiger partial charge in [0.15, 0.2) is 9.84 Å². The van der Waals surface area contributed by atoms with E-state index in [9.17, 15) is 26.4 Å². The van der Waals surface area contributed by atoms with E-state index in [1.165, 1.54) is 24.3 Å². The van der Waals surface area contributed by atoms with Crippen LogP contribution in [0.15, 0.2) is 84.3 Å². The zero-order valence-corrected chi connectivity index (χ0v) is 20.9. The Hall–Kier alpha value is -3.85. The van der Waals surface area contributed by atoms with Crippen molar-refractivity contribution in [3.63, 3.8) is 0 Å². The molecule has 9 heteroatoms. The Morgan fingerprint density at radius 2 is 1.62 bits per heavy atom. The maximum Gasteiger partial charge on any atom is 0.416 e. The van der Waals surface area contributed by atoms with Crippen LogP contribution in [0, 0.1) is 0 Å². The van der Waals surface area contributed by atoms with Crippen LogP contribution in [0.1, 0.15) is 39.7 Å². The molecule has 1 N–H and O–H groups in total. The summed E-state index contributed by atoms with van der Waals surface area (Å²) >= 11 is 0. The average molecular weight is 527 g/mol. The summed E-state index contributed by atoms with van der Waals surface area (Å²) in [5, 5.41) is 3.63. The Balaban J connectivity index is 1.49. The number of aromatic nitrogens is 1. The summed E-state index contributed by atoms with van der Waals surface area (Å²) in [4.78, 5) is 13.0. The predicted octanol–water partition coefficient (Wildman–Crippen LogP) is 6.08. The summed E-state index contributed by atoms with van der Waals surface area (Å²) in [5.41, 5.74) is 2.87. The van der Waals surface area contributed by atoms with Gasteiger partial charge in [0.2, 0.25) is 0 Å². The molecule has 5 nitrogen and oxygen atoms in total. The van der Waals surface area contributed by atoms with E-state index >= 15 is 0 Å². The van der Waals surface area contributed by atoms with Gasteiger partial charge in [0, 0.05) is 35.8 Å². The van der Waals surface area contributed by atoms with Crippen LogP contribution in [0.4, 0.5) is 13.2 Å². The van der Waals surface area contributed by atoms with Crippen molar-refractivity contribution in [1.82, 2.24) is 9.88 Å². The molecule has 0 bridgehead atoms. The first kappa shape index (κ1) is 26.2. The number of carbonyl (C=O) groups is 1. The molecule has 3 aromatic carbocycles. The Bertz CT molecular complexity index is 1550. The van der Waals surface area contributed by atoms with Gasteiger partial charge in [-0.25, -0.2) is 8.42 Å². The molecule has 0 aliphatic rings. The first-order valence-corrected chi connectivity index (χ1v) is 13.2. The SMILES string of the molecule is C=Cn1c(Cc2ccc(C(F)(F)F)cc2)cc2cc(C(=O)NCc3ccc(S(=O)(=O)CC)cc3)ccc21. The Morgan fingerprint density at radius 3 is 2.22 bits per heavy atom. The maximum absolute atomic E-state index is 12.9. The number of carbonyl (C=O) groups excluding carboxylic acids is 1. The van der Waals surface area contributed by atoms with Gasteiger partial charge in [0.05, 0.1) is 21.7 Å². The fourth-order valence-electron chi connectivity index (χ4n) is 4.07. The van der Waals surface area contributed by atoms with Gasteiger partial charge in [-0.15, -0.1) is 0 Å². The van der Waals surface area contributed by atoms with Crippen LogP contribution in [0.25, 0.3) is 17.1 Å². The molecule has 0 aliphatic heterocycles. The highest BCUT2D eigenvalue weighted by Crippen LogP contribution is 2.30. The molecule has 4 rings (SSSR count). The number of halogens is 3. The minimum atomic E-state index is -4.38. The van der Waals surface area contributed by atoms with E-state index in [4.69, 9.17) is 0 Å². The highest BCUT2D eigenvalue weighted by Gasteiger charge is 2.30. The molecule has 0 unspecified atom stereocenters. The summed E-state index contributed by atoms with van der Waals surface area (Å²) in [6.07, 6.45) is -2.36. The number of benzene rings is 3. The summed E-state index contributed by atoms with van der Waals surface area (Å²) in [5.74, 6) is -0.270. The highest BCUT2D eigenvalue weighted by atomic mass is 32.2. The molecular weight excluding hydrogens is 501 g/mol. The van der Waals surface area contributed by atoms with E-state index in [0.717, 1.165) is 39.9 Å². The van der Waals surface area contributed by atoms with Gasteiger partial charge >= 0.3 is 6.18 Å². The third-order valence-electron chi connectivity index (χ3n) is 6.15. The van der Waals surface area contributed by atoms with Gasteiger partial charge in [-0.1, -0.05) is 37.8 Å². The fourth-order valence-corrected chi connectivity index (χ4v) is 4.96. The third-order valence-corrected chi connectivity index (χ3v) is 7.90. The van der Waals surface area contributed by atoms with Crippen molar-refractivity contribution in [2.75, 3.05) is 5.75 Å². The van der Waals surface area contributed by atoms with Crippen LogP contribution >= 0.6 is 0 Å². The van der Waals surface area contributed by atoms with Gasteiger partial charge in [0.1, 0.15) is 0 Å². The number of nitrogens with one attached hydrogen (secondary N) is 1. The van der Waals surface area contributed by atoms with E-state index in [-0.39, 0.29) is 23.1 Å². The lowest BCUT2D eigenvalue weighted by Gasteiger charge is -2.09. The van der Waals surface area contributed by atoms with E-state index in [1.807, 2.05) is 10.6 Å². The monoisotopic (exact) mass is 526 g/mol. The van der Waals surface area contributed by atoms with Crippen LogP contribution in [0.3, 0.4) is 0 Å². The molecule has 4 aromatic rings. The Kier molecular flexibility index (Phi) is 7.27. The van der Waals surface area contributed by atoms with Gasteiger partial charge in [0.25, 0.3) is 5.91 Å². The average Bonchev–Trinajstić information content (AvgIpc) is 3.23. The summed E-state index contributed by atoms with van der Waals surface area (Å²) < 4.78 is 64.3. The quantitative estimate of drug-likeness (QED) is 0.303. The topological polar surface area (TPSA) is 68.2 Å². The molecule has 1 heterocycles. The predicted molar refractivity (Wildman–Crippen MR) is 138 cm³/mol. The number of rotatable bonds is 8. The Morgan fingerprint density at radius 1 is 0.973 bits per heavy atom. The van der Waals surface area contributed by atoms with Crippen molar-refractivity contribution < 1.29 is 26.4 Å². The van der Waals surface area contributed by atoms with Crippen molar-refractivity contribution in [2.24, 2.45) is 0 Å². The Labute approximate surface area is 213 Å². The smallest absolute Gasteiger partial charge is 0.348 e. The number of hydrogen-bond donors (Lipinski definition) is 1. The van der Waals surface area contributed by atoms with E-state index in [1.54, 1.807) is 43.5 Å². The number of hydrogen-bond acceptors (Lipinski definition) is 3. The second-order valence-corrected chi connectivity index (χ2v) is 10.8. The lowest BCUT2D eigenvalue weighted by Crippen LogP contribution is -2.22. The molecule has 0 saturated carbocycles. The first-order chi connectivity index (χ1) is 17.5. The van der Waals surface area contributed by atoms with E-state index < -0.39 is 21.6 Å². The molecule has 0 radical (unpaired) electrons. The van der Waals surface area contributed by atoms with E-state index in [0.29, 0.717) is 12.0 Å². The molecule has 1 aromatic heterocycles. The molecular formula is C28H25F3N2O3S. The van der Waals surface area contributed by atoms with Crippen LogP contribution in [0.2, 0.25) is 0 Å². The summed E-state index contributed by atoms with van der Waals surface area (Å²) in [6, 6.07) is 18.6. The lowest BCUT2D eigenvalue weighted by atomic mass is 10.1. The van der Waals surface area contributed by atoms with Crippen LogP contribution in [-0.2, 0) is 29.0 Å². The molecule has 0 aliphatic carbocycles. The first-order valence-electron chi connectivity index (χ1n) is 11.5. The van der Waals surface area contributed by atoms with Crippen LogP contribution < -0.4 is 5.32 Å². The molecule has 37 heavy (non-hydrogen) atoms. The van der Waals surface area contributed by atoms with Crippen molar-refractivity contribution >= 4 is 32.8 Å².